The molecule has 112 valence electrons. The Bertz CT molecular complexity index is 714. The number of Topliss-reactive ketones (excluding diaryl/α,β-unsaturated/α-hetero) is 1. The second-order valence-corrected chi connectivity index (χ2v) is 5.76. The fraction of sp³-hybridized carbons (Fsp3) is 0.200. The number of benzene rings is 1. The molecule has 0 fully saturated rings. The quantitative estimate of drug-likeness (QED) is 0.592. The van der Waals surface area contributed by atoms with Crippen molar-refractivity contribution in [2.75, 3.05) is 0 Å². The van der Waals surface area contributed by atoms with E-state index in [1.165, 1.54) is 11.3 Å². The molecule has 0 unspecified atom stereocenters. The van der Waals surface area contributed by atoms with Crippen molar-refractivity contribution in [2.24, 2.45) is 4.99 Å². The Kier molecular flexibility index (Phi) is 6.40. The number of allylic oxidation sites excluding steroid dienone is 1. The summed E-state index contributed by atoms with van der Waals surface area (Å²) in [5.74, 6) is 0.0582. The third-order valence-electron chi connectivity index (χ3n) is 2.84. The molecule has 0 bridgehead atoms. The highest BCUT2D eigenvalue weighted by Gasteiger charge is 2.12. The first-order valence-electron chi connectivity index (χ1n) is 6.15. The Hall–Kier alpha value is -1.36. The van der Waals surface area contributed by atoms with Gasteiger partial charge in [0.05, 0.1) is 10.6 Å². The van der Waals surface area contributed by atoms with Gasteiger partial charge in [0.2, 0.25) is 0 Å². The Balaban J connectivity index is 0.00000220. The predicted molar refractivity (Wildman–Crippen MR) is 91.2 cm³/mol. The van der Waals surface area contributed by atoms with Crippen molar-refractivity contribution in [3.05, 3.63) is 57.3 Å². The van der Waals surface area contributed by atoms with Gasteiger partial charge in [-0.3, -0.25) is 4.79 Å². The van der Waals surface area contributed by atoms with Crippen molar-refractivity contribution in [1.29, 1.82) is 0 Å². The summed E-state index contributed by atoms with van der Waals surface area (Å²) in [6, 6.07) is 7.29. The third-order valence-corrected chi connectivity index (χ3v) is 4.37. The Labute approximate surface area is 139 Å². The minimum absolute atomic E-state index is 0. The lowest BCUT2D eigenvalue weighted by Crippen LogP contribution is -2.15. The first kappa shape index (κ1) is 17.7. The molecule has 0 spiro atoms. The summed E-state index contributed by atoms with van der Waals surface area (Å²) in [7, 11) is 0. The monoisotopic (exact) mass is 342 g/mol. The molecule has 1 aromatic carbocycles. The standard InChI is InChI=1S/C15H15ClN2OS.ClH/c1-4-9-18-10(2)14(11(3)19)20-15(18)17-13-7-5-12(16)6-8-13;/h4-8H,1,9H2,2-3H3;1H. The highest BCUT2D eigenvalue weighted by molar-refractivity contribution is 7.11. The number of hydrogen-bond acceptors (Lipinski definition) is 3. The van der Waals surface area contributed by atoms with Gasteiger partial charge in [-0.1, -0.05) is 29.0 Å². The van der Waals surface area contributed by atoms with Crippen molar-refractivity contribution in [3.8, 4) is 0 Å². The molecule has 0 aliphatic carbocycles. The molecule has 3 nitrogen and oxygen atoms in total. The number of rotatable bonds is 4. The normalized spacial score (nSPS) is 11.1. The Morgan fingerprint density at radius 1 is 1.43 bits per heavy atom. The van der Waals surface area contributed by atoms with E-state index >= 15 is 0 Å². The minimum atomic E-state index is 0. The number of nitrogens with zero attached hydrogens (tertiary/aromatic N) is 2. The van der Waals surface area contributed by atoms with E-state index in [4.69, 9.17) is 11.6 Å². The van der Waals surface area contributed by atoms with Crippen molar-refractivity contribution in [1.82, 2.24) is 4.57 Å². The highest BCUT2D eigenvalue weighted by atomic mass is 35.5. The van der Waals surface area contributed by atoms with Crippen LogP contribution in [0.2, 0.25) is 5.02 Å². The molecule has 0 atom stereocenters. The fourth-order valence-electron chi connectivity index (χ4n) is 1.87. The zero-order valence-electron chi connectivity index (χ0n) is 11.8. The zero-order chi connectivity index (χ0) is 14.7. The molecule has 0 radical (unpaired) electrons. The number of aromatic nitrogens is 1. The summed E-state index contributed by atoms with van der Waals surface area (Å²) in [6.07, 6.45) is 1.80. The molecule has 0 amide bonds. The van der Waals surface area contributed by atoms with Gasteiger partial charge in [0.1, 0.15) is 0 Å². The molecular weight excluding hydrogens is 327 g/mol. The summed E-state index contributed by atoms with van der Waals surface area (Å²) in [4.78, 5) is 17.8. The summed E-state index contributed by atoms with van der Waals surface area (Å²) in [6.45, 7) is 7.88. The molecule has 0 aliphatic rings. The van der Waals surface area contributed by atoms with Gasteiger partial charge < -0.3 is 4.57 Å². The molecule has 2 aromatic rings. The lowest BCUT2D eigenvalue weighted by Gasteiger charge is -2.02. The molecule has 0 saturated heterocycles. The van der Waals surface area contributed by atoms with Crippen LogP contribution in [0.1, 0.15) is 22.3 Å². The van der Waals surface area contributed by atoms with E-state index in [2.05, 4.69) is 11.6 Å². The van der Waals surface area contributed by atoms with E-state index < -0.39 is 0 Å². The molecule has 1 aromatic heterocycles. The van der Waals surface area contributed by atoms with E-state index in [0.717, 1.165) is 21.1 Å². The number of ketones is 1. The van der Waals surface area contributed by atoms with Crippen molar-refractivity contribution < 1.29 is 4.79 Å². The topological polar surface area (TPSA) is 34.4 Å². The molecule has 1 heterocycles. The second-order valence-electron chi connectivity index (χ2n) is 4.34. The summed E-state index contributed by atoms with van der Waals surface area (Å²) in [5.41, 5.74) is 1.73. The molecule has 21 heavy (non-hydrogen) atoms. The van der Waals surface area contributed by atoms with Crippen molar-refractivity contribution >= 4 is 46.8 Å². The Morgan fingerprint density at radius 3 is 2.57 bits per heavy atom. The van der Waals surface area contributed by atoms with Gasteiger partial charge in [-0.15, -0.1) is 19.0 Å². The van der Waals surface area contributed by atoms with Crippen LogP contribution in [0.25, 0.3) is 0 Å². The molecule has 6 heteroatoms. The van der Waals surface area contributed by atoms with Gasteiger partial charge >= 0.3 is 0 Å². The van der Waals surface area contributed by atoms with Gasteiger partial charge in [0.25, 0.3) is 0 Å². The lowest BCUT2D eigenvalue weighted by molar-refractivity contribution is 0.102. The van der Waals surface area contributed by atoms with Crippen molar-refractivity contribution in [3.63, 3.8) is 0 Å². The fourth-order valence-corrected chi connectivity index (χ4v) is 3.05. The summed E-state index contributed by atoms with van der Waals surface area (Å²) in [5, 5.41) is 0.676. The van der Waals surface area contributed by atoms with Crippen LogP contribution >= 0.6 is 35.3 Å². The summed E-state index contributed by atoms with van der Waals surface area (Å²) < 4.78 is 1.99. The SMILES string of the molecule is C=CCn1c(C)c(C(C)=O)sc1=Nc1ccc(Cl)cc1.Cl. The zero-order valence-corrected chi connectivity index (χ0v) is 14.2. The predicted octanol–water partition coefficient (Wildman–Crippen LogP) is 4.55. The van der Waals surface area contributed by atoms with Crippen LogP contribution in [0.5, 0.6) is 0 Å². The maximum absolute atomic E-state index is 11.6. The number of thiazole rings is 1. The number of carbonyl (C=O) groups excluding carboxylic acids is 1. The van der Waals surface area contributed by atoms with E-state index in [1.807, 2.05) is 23.6 Å². The van der Waals surface area contributed by atoms with Crippen LogP contribution in [0, 0.1) is 6.92 Å². The molecular formula is C15H16Cl2N2OS. The maximum atomic E-state index is 11.6. The number of halogens is 2. The van der Waals surface area contributed by atoms with Crippen LogP contribution in [-0.4, -0.2) is 10.4 Å². The lowest BCUT2D eigenvalue weighted by atomic mass is 10.3. The Morgan fingerprint density at radius 2 is 2.05 bits per heavy atom. The third kappa shape index (κ3) is 4.06. The number of hydrogen-bond donors (Lipinski definition) is 0. The first-order valence-corrected chi connectivity index (χ1v) is 7.34. The largest absolute Gasteiger partial charge is 0.317 e. The van der Waals surface area contributed by atoms with Crippen LogP contribution in [-0.2, 0) is 6.54 Å². The number of carbonyl (C=O) groups is 1. The first-order chi connectivity index (χ1) is 9.52. The smallest absolute Gasteiger partial charge is 0.191 e. The molecule has 0 N–H and O–H groups in total. The maximum Gasteiger partial charge on any atom is 0.191 e. The van der Waals surface area contributed by atoms with Gasteiger partial charge in [0.15, 0.2) is 10.6 Å². The van der Waals surface area contributed by atoms with Gasteiger partial charge in [-0.05, 0) is 31.2 Å². The van der Waals surface area contributed by atoms with Gasteiger partial charge in [-0.2, -0.15) is 0 Å². The van der Waals surface area contributed by atoms with E-state index in [-0.39, 0.29) is 18.2 Å². The second kappa shape index (κ2) is 7.59. The van der Waals surface area contributed by atoms with Gasteiger partial charge in [-0.25, -0.2) is 4.99 Å². The summed E-state index contributed by atoms with van der Waals surface area (Å²) >= 11 is 7.26. The van der Waals surface area contributed by atoms with Crippen LogP contribution in [0.4, 0.5) is 5.69 Å². The van der Waals surface area contributed by atoms with Crippen LogP contribution in [0.15, 0.2) is 41.9 Å². The van der Waals surface area contributed by atoms with Crippen LogP contribution < -0.4 is 4.80 Å². The van der Waals surface area contributed by atoms with E-state index in [1.54, 1.807) is 25.1 Å². The molecule has 0 aliphatic heterocycles. The van der Waals surface area contributed by atoms with E-state index in [0.29, 0.717) is 11.6 Å². The average molecular weight is 343 g/mol. The molecule has 2 rings (SSSR count). The van der Waals surface area contributed by atoms with Crippen LogP contribution in [0.3, 0.4) is 0 Å². The molecule has 0 saturated carbocycles. The minimum Gasteiger partial charge on any atom is -0.317 e. The average Bonchev–Trinajstić information content (AvgIpc) is 2.71. The highest BCUT2D eigenvalue weighted by Crippen LogP contribution is 2.18. The van der Waals surface area contributed by atoms with E-state index in [9.17, 15) is 4.79 Å². The van der Waals surface area contributed by atoms with Gasteiger partial charge in [0, 0.05) is 24.2 Å². The van der Waals surface area contributed by atoms with Crippen molar-refractivity contribution in [2.45, 2.75) is 20.4 Å².